The highest BCUT2D eigenvalue weighted by Crippen LogP contribution is 2.35. The Morgan fingerprint density at radius 1 is 1.19 bits per heavy atom. The summed E-state index contributed by atoms with van der Waals surface area (Å²) in [6, 6.07) is 2.26. The van der Waals surface area contributed by atoms with E-state index in [4.69, 9.17) is 0 Å². The standard InChI is InChI=1S/C21H25F3N6O/c1-20(2,3)16-11-17(21(22,23)24)30-18(26-16)10-14(27-30)15-6-4-5-8-29(15)19(31)12-28-9-7-25-13-28/h7,9-11,13,15H,4-6,8,12H2,1-3H3. The molecule has 1 amide bonds. The van der Waals surface area contributed by atoms with E-state index in [1.54, 1.807) is 34.3 Å². The quantitative estimate of drug-likeness (QED) is 0.625. The highest BCUT2D eigenvalue weighted by atomic mass is 19.4. The molecule has 0 N–H and O–H groups in total. The van der Waals surface area contributed by atoms with Gasteiger partial charge in [0.1, 0.15) is 12.2 Å². The van der Waals surface area contributed by atoms with Crippen LogP contribution in [0.5, 0.6) is 0 Å². The summed E-state index contributed by atoms with van der Waals surface area (Å²) in [5.41, 5.74) is -0.495. The SMILES string of the molecule is CC(C)(C)c1cc(C(F)(F)F)n2nc(C3CCCCN3C(=O)Cn3ccnc3)cc2n1. The average molecular weight is 434 g/mol. The molecule has 31 heavy (non-hydrogen) atoms. The van der Waals surface area contributed by atoms with Crippen molar-refractivity contribution in [1.29, 1.82) is 0 Å². The molecular weight excluding hydrogens is 409 g/mol. The number of halogens is 3. The van der Waals surface area contributed by atoms with Crippen LogP contribution in [0, 0.1) is 0 Å². The van der Waals surface area contributed by atoms with E-state index in [-0.39, 0.29) is 24.1 Å². The van der Waals surface area contributed by atoms with Gasteiger partial charge in [0.15, 0.2) is 5.65 Å². The van der Waals surface area contributed by atoms with Gasteiger partial charge in [-0.05, 0) is 25.3 Å². The van der Waals surface area contributed by atoms with Crippen molar-refractivity contribution >= 4 is 11.6 Å². The number of rotatable bonds is 3. The maximum atomic E-state index is 13.8. The third-order valence-corrected chi connectivity index (χ3v) is 5.55. The monoisotopic (exact) mass is 434 g/mol. The topological polar surface area (TPSA) is 68.3 Å². The molecule has 1 fully saturated rings. The summed E-state index contributed by atoms with van der Waals surface area (Å²) in [6.07, 6.45) is 2.66. The van der Waals surface area contributed by atoms with Gasteiger partial charge in [0, 0.05) is 30.4 Å². The van der Waals surface area contributed by atoms with E-state index in [1.807, 2.05) is 20.8 Å². The Morgan fingerprint density at radius 2 is 1.97 bits per heavy atom. The minimum Gasteiger partial charge on any atom is -0.332 e. The van der Waals surface area contributed by atoms with E-state index in [1.165, 1.54) is 0 Å². The predicted molar refractivity (Wildman–Crippen MR) is 107 cm³/mol. The lowest BCUT2D eigenvalue weighted by atomic mass is 9.91. The Kier molecular flexibility index (Phi) is 5.26. The van der Waals surface area contributed by atoms with Crippen LogP contribution in [0.3, 0.4) is 0 Å². The molecule has 3 aromatic heterocycles. The molecule has 1 unspecified atom stereocenters. The summed E-state index contributed by atoms with van der Waals surface area (Å²) in [6.45, 7) is 6.13. The third-order valence-electron chi connectivity index (χ3n) is 5.55. The minimum absolute atomic E-state index is 0.112. The number of fused-ring (bicyclic) bond motifs is 1. The zero-order chi connectivity index (χ0) is 22.4. The molecule has 7 nitrogen and oxygen atoms in total. The smallest absolute Gasteiger partial charge is 0.332 e. The summed E-state index contributed by atoms with van der Waals surface area (Å²) in [5, 5.41) is 4.28. The Labute approximate surface area is 177 Å². The highest BCUT2D eigenvalue weighted by Gasteiger charge is 2.37. The Bertz CT molecular complexity index is 1080. The molecule has 0 radical (unpaired) electrons. The Hall–Kier alpha value is -2.91. The van der Waals surface area contributed by atoms with Gasteiger partial charge in [-0.25, -0.2) is 14.5 Å². The molecular formula is C21H25F3N6O. The fourth-order valence-electron chi connectivity index (χ4n) is 3.91. The van der Waals surface area contributed by atoms with Crippen LogP contribution in [0.1, 0.15) is 63.2 Å². The number of nitrogens with zero attached hydrogens (tertiary/aromatic N) is 6. The van der Waals surface area contributed by atoms with Crippen molar-refractivity contribution < 1.29 is 18.0 Å². The molecule has 3 aromatic rings. The lowest BCUT2D eigenvalue weighted by Crippen LogP contribution is -2.40. The van der Waals surface area contributed by atoms with E-state index in [0.717, 1.165) is 23.4 Å². The molecule has 0 spiro atoms. The number of carbonyl (C=O) groups is 1. The van der Waals surface area contributed by atoms with Crippen LogP contribution in [0.15, 0.2) is 30.9 Å². The molecule has 0 aliphatic carbocycles. The fraction of sp³-hybridized carbons (Fsp3) is 0.524. The van der Waals surface area contributed by atoms with Crippen molar-refractivity contribution in [2.45, 2.75) is 64.2 Å². The number of amides is 1. The molecule has 1 aliphatic heterocycles. The molecule has 1 aliphatic rings. The molecule has 1 atom stereocenters. The van der Waals surface area contributed by atoms with E-state index >= 15 is 0 Å². The molecule has 4 rings (SSSR count). The highest BCUT2D eigenvalue weighted by molar-refractivity contribution is 5.76. The molecule has 10 heteroatoms. The molecule has 166 valence electrons. The summed E-state index contributed by atoms with van der Waals surface area (Å²) < 4.78 is 43.9. The minimum atomic E-state index is -4.58. The van der Waals surface area contributed by atoms with Gasteiger partial charge in [-0.15, -0.1) is 0 Å². The normalized spacial score (nSPS) is 18.0. The second-order valence-corrected chi connectivity index (χ2v) is 8.95. The van der Waals surface area contributed by atoms with Crippen LogP contribution < -0.4 is 0 Å². The van der Waals surface area contributed by atoms with Crippen molar-refractivity contribution in [2.75, 3.05) is 6.54 Å². The van der Waals surface area contributed by atoms with Crippen LogP contribution in [0.2, 0.25) is 0 Å². The average Bonchev–Trinajstić information content (AvgIpc) is 3.34. The van der Waals surface area contributed by atoms with Gasteiger partial charge in [0.2, 0.25) is 5.91 Å². The number of carbonyl (C=O) groups excluding carboxylic acids is 1. The first-order valence-corrected chi connectivity index (χ1v) is 10.3. The predicted octanol–water partition coefficient (Wildman–Crippen LogP) is 4.00. The molecule has 1 saturated heterocycles. The van der Waals surface area contributed by atoms with Gasteiger partial charge >= 0.3 is 6.18 Å². The maximum absolute atomic E-state index is 13.8. The zero-order valence-corrected chi connectivity index (χ0v) is 17.7. The van der Waals surface area contributed by atoms with Gasteiger partial charge < -0.3 is 9.47 Å². The number of imidazole rings is 1. The van der Waals surface area contributed by atoms with E-state index in [9.17, 15) is 18.0 Å². The molecule has 0 saturated carbocycles. The van der Waals surface area contributed by atoms with Gasteiger partial charge in [0.05, 0.1) is 23.8 Å². The summed E-state index contributed by atoms with van der Waals surface area (Å²) in [7, 11) is 0. The fourth-order valence-corrected chi connectivity index (χ4v) is 3.91. The maximum Gasteiger partial charge on any atom is 0.433 e. The molecule has 4 heterocycles. The number of hydrogen-bond donors (Lipinski definition) is 0. The van der Waals surface area contributed by atoms with Crippen molar-refractivity contribution in [3.05, 3.63) is 47.9 Å². The van der Waals surface area contributed by atoms with Crippen LogP contribution in [-0.2, 0) is 22.9 Å². The first-order chi connectivity index (χ1) is 14.5. The van der Waals surface area contributed by atoms with Gasteiger partial charge in [-0.2, -0.15) is 18.3 Å². The Balaban J connectivity index is 1.74. The van der Waals surface area contributed by atoms with Crippen LogP contribution in [-0.4, -0.2) is 41.5 Å². The van der Waals surface area contributed by atoms with Crippen molar-refractivity contribution in [3.8, 4) is 0 Å². The van der Waals surface area contributed by atoms with Crippen LogP contribution in [0.4, 0.5) is 13.2 Å². The second-order valence-electron chi connectivity index (χ2n) is 8.95. The third kappa shape index (κ3) is 4.28. The number of piperidine rings is 1. The lowest BCUT2D eigenvalue weighted by molar-refractivity contribution is -0.143. The van der Waals surface area contributed by atoms with Crippen molar-refractivity contribution in [2.24, 2.45) is 0 Å². The second kappa shape index (κ2) is 7.65. The first kappa shape index (κ1) is 21.3. The van der Waals surface area contributed by atoms with Crippen LogP contribution >= 0.6 is 0 Å². The number of hydrogen-bond acceptors (Lipinski definition) is 4. The van der Waals surface area contributed by atoms with Gasteiger partial charge in [-0.1, -0.05) is 20.8 Å². The van der Waals surface area contributed by atoms with Crippen molar-refractivity contribution in [1.82, 2.24) is 29.0 Å². The summed E-state index contributed by atoms with van der Waals surface area (Å²) >= 11 is 0. The number of alkyl halides is 3. The first-order valence-electron chi connectivity index (χ1n) is 10.3. The van der Waals surface area contributed by atoms with Gasteiger partial charge in [-0.3, -0.25) is 4.79 Å². The van der Waals surface area contributed by atoms with E-state index in [2.05, 4.69) is 15.1 Å². The lowest BCUT2D eigenvalue weighted by Gasteiger charge is -2.34. The molecule has 0 aromatic carbocycles. The summed E-state index contributed by atoms with van der Waals surface area (Å²) in [5.74, 6) is -0.112. The Morgan fingerprint density at radius 3 is 2.61 bits per heavy atom. The molecule has 0 bridgehead atoms. The van der Waals surface area contributed by atoms with E-state index < -0.39 is 17.3 Å². The number of aromatic nitrogens is 5. The number of likely N-dealkylation sites (tertiary alicyclic amines) is 1. The van der Waals surface area contributed by atoms with Crippen LogP contribution in [0.25, 0.3) is 5.65 Å². The van der Waals surface area contributed by atoms with Gasteiger partial charge in [0.25, 0.3) is 0 Å². The van der Waals surface area contributed by atoms with Crippen molar-refractivity contribution in [3.63, 3.8) is 0 Å². The summed E-state index contributed by atoms with van der Waals surface area (Å²) in [4.78, 5) is 23.0. The van der Waals surface area contributed by atoms with E-state index in [0.29, 0.717) is 24.4 Å². The zero-order valence-electron chi connectivity index (χ0n) is 17.7. The largest absolute Gasteiger partial charge is 0.433 e.